The van der Waals surface area contributed by atoms with Crippen LogP contribution in [-0.4, -0.2) is 23.5 Å². The number of unbranched alkanes of at least 4 members (excludes halogenated alkanes) is 13. The van der Waals surface area contributed by atoms with Gasteiger partial charge in [0.2, 0.25) is 5.91 Å². The summed E-state index contributed by atoms with van der Waals surface area (Å²) in [5, 5.41) is 11.7. The minimum absolute atomic E-state index is 0.260. The number of carboxylic acids is 1. The molecular formula is C26H49NO3. The van der Waals surface area contributed by atoms with Crippen LogP contribution < -0.4 is 5.32 Å². The summed E-state index contributed by atoms with van der Waals surface area (Å²) in [6.45, 7) is 3.24. The third-order valence-electron chi connectivity index (χ3n) is 6.77. The third-order valence-corrected chi connectivity index (χ3v) is 6.77. The predicted octanol–water partition coefficient (Wildman–Crippen LogP) is 7.26. The SMILES string of the molecule is CC1CCC(CNC(=O)CCCCCCCCCCCCCCCCC(=O)O)CC1. The quantitative estimate of drug-likeness (QED) is 0.215. The maximum Gasteiger partial charge on any atom is 0.303 e. The summed E-state index contributed by atoms with van der Waals surface area (Å²) in [6.07, 6.45) is 23.4. The topological polar surface area (TPSA) is 66.4 Å². The van der Waals surface area contributed by atoms with Crippen LogP contribution in [0.3, 0.4) is 0 Å². The van der Waals surface area contributed by atoms with Crippen molar-refractivity contribution in [3.8, 4) is 0 Å². The second-order valence-corrected chi connectivity index (χ2v) is 9.77. The molecule has 0 aromatic rings. The van der Waals surface area contributed by atoms with Gasteiger partial charge in [-0.2, -0.15) is 0 Å². The van der Waals surface area contributed by atoms with Crippen molar-refractivity contribution in [2.24, 2.45) is 11.8 Å². The highest BCUT2D eigenvalue weighted by atomic mass is 16.4. The first-order chi connectivity index (χ1) is 14.6. The number of rotatable bonds is 19. The molecular weight excluding hydrogens is 374 g/mol. The fourth-order valence-corrected chi connectivity index (χ4v) is 4.56. The molecule has 4 nitrogen and oxygen atoms in total. The molecule has 1 saturated carbocycles. The van der Waals surface area contributed by atoms with E-state index in [1.807, 2.05) is 0 Å². The molecule has 0 spiro atoms. The summed E-state index contributed by atoms with van der Waals surface area (Å²) >= 11 is 0. The lowest BCUT2D eigenvalue weighted by atomic mass is 9.83. The first-order valence-corrected chi connectivity index (χ1v) is 13.1. The zero-order chi connectivity index (χ0) is 21.9. The summed E-state index contributed by atoms with van der Waals surface area (Å²) in [6, 6.07) is 0. The van der Waals surface area contributed by atoms with Gasteiger partial charge in [-0.15, -0.1) is 0 Å². The Morgan fingerprint density at radius 1 is 0.667 bits per heavy atom. The highest BCUT2D eigenvalue weighted by molar-refractivity contribution is 5.75. The third kappa shape index (κ3) is 16.7. The van der Waals surface area contributed by atoms with Crippen LogP contribution in [0.5, 0.6) is 0 Å². The largest absolute Gasteiger partial charge is 0.481 e. The van der Waals surface area contributed by atoms with E-state index in [1.165, 1.54) is 96.3 Å². The summed E-state index contributed by atoms with van der Waals surface area (Å²) in [7, 11) is 0. The fraction of sp³-hybridized carbons (Fsp3) is 0.923. The van der Waals surface area contributed by atoms with E-state index in [-0.39, 0.29) is 5.91 Å². The second-order valence-electron chi connectivity index (χ2n) is 9.77. The molecule has 0 aromatic heterocycles. The van der Waals surface area contributed by atoms with Gasteiger partial charge in [-0.05, 0) is 37.5 Å². The van der Waals surface area contributed by atoms with E-state index < -0.39 is 5.97 Å². The van der Waals surface area contributed by atoms with Gasteiger partial charge in [-0.25, -0.2) is 0 Å². The number of carboxylic acid groups (broad SMARTS) is 1. The molecule has 176 valence electrons. The average Bonchev–Trinajstić information content (AvgIpc) is 2.72. The lowest BCUT2D eigenvalue weighted by Crippen LogP contribution is -2.30. The van der Waals surface area contributed by atoms with Gasteiger partial charge >= 0.3 is 5.97 Å². The number of carbonyl (C=O) groups excluding carboxylic acids is 1. The molecule has 0 atom stereocenters. The van der Waals surface area contributed by atoms with Crippen molar-refractivity contribution in [1.82, 2.24) is 5.32 Å². The van der Waals surface area contributed by atoms with E-state index in [1.54, 1.807) is 0 Å². The Bertz CT molecular complexity index is 430. The summed E-state index contributed by atoms with van der Waals surface area (Å²) in [4.78, 5) is 22.4. The molecule has 0 unspecified atom stereocenters. The first kappa shape index (κ1) is 27.0. The molecule has 1 aliphatic rings. The van der Waals surface area contributed by atoms with Gasteiger partial charge in [0.15, 0.2) is 0 Å². The van der Waals surface area contributed by atoms with Crippen LogP contribution >= 0.6 is 0 Å². The van der Waals surface area contributed by atoms with Crippen LogP contribution in [0.25, 0.3) is 0 Å². The number of hydrogen-bond acceptors (Lipinski definition) is 2. The first-order valence-electron chi connectivity index (χ1n) is 13.1. The van der Waals surface area contributed by atoms with Crippen molar-refractivity contribution >= 4 is 11.9 Å². The van der Waals surface area contributed by atoms with E-state index >= 15 is 0 Å². The van der Waals surface area contributed by atoms with Gasteiger partial charge in [0.1, 0.15) is 0 Å². The minimum Gasteiger partial charge on any atom is -0.481 e. The Kier molecular flexibility index (Phi) is 16.8. The number of aliphatic carboxylic acids is 1. The van der Waals surface area contributed by atoms with Crippen molar-refractivity contribution in [3.05, 3.63) is 0 Å². The van der Waals surface area contributed by atoms with Crippen LogP contribution in [0, 0.1) is 11.8 Å². The highest BCUT2D eigenvalue weighted by Gasteiger charge is 2.18. The van der Waals surface area contributed by atoms with Gasteiger partial charge in [0, 0.05) is 19.4 Å². The molecule has 0 saturated heterocycles. The normalized spacial score (nSPS) is 19.0. The Balaban J connectivity index is 1.74. The minimum atomic E-state index is -0.667. The van der Waals surface area contributed by atoms with E-state index in [9.17, 15) is 9.59 Å². The summed E-state index contributed by atoms with van der Waals surface area (Å²) in [5.74, 6) is 1.19. The van der Waals surface area contributed by atoms with Gasteiger partial charge in [0.25, 0.3) is 0 Å². The van der Waals surface area contributed by atoms with Gasteiger partial charge in [-0.1, -0.05) is 96.8 Å². The van der Waals surface area contributed by atoms with Crippen molar-refractivity contribution in [3.63, 3.8) is 0 Å². The second kappa shape index (κ2) is 18.7. The molecule has 1 amide bonds. The molecule has 4 heteroatoms. The number of nitrogens with one attached hydrogen (secondary N) is 1. The number of hydrogen-bond donors (Lipinski definition) is 2. The molecule has 1 aliphatic carbocycles. The standard InChI is InChI=1S/C26H49NO3/c1-23-18-20-24(21-19-23)22-27-25(28)16-14-12-10-8-6-4-2-3-5-7-9-11-13-15-17-26(29)30/h23-24H,2-22H2,1H3,(H,27,28)(H,29,30). The van der Waals surface area contributed by atoms with Crippen LogP contribution in [0.4, 0.5) is 0 Å². The molecule has 0 aliphatic heterocycles. The van der Waals surface area contributed by atoms with Gasteiger partial charge in [-0.3, -0.25) is 9.59 Å². The van der Waals surface area contributed by atoms with Crippen LogP contribution in [0.1, 0.15) is 135 Å². The van der Waals surface area contributed by atoms with Crippen LogP contribution in [-0.2, 0) is 9.59 Å². The molecule has 0 aromatic carbocycles. The van der Waals surface area contributed by atoms with Crippen molar-refractivity contribution in [1.29, 1.82) is 0 Å². The summed E-state index contributed by atoms with van der Waals surface area (Å²) < 4.78 is 0. The van der Waals surface area contributed by atoms with Crippen molar-refractivity contribution in [2.75, 3.05) is 6.54 Å². The maximum absolute atomic E-state index is 12.0. The fourth-order valence-electron chi connectivity index (χ4n) is 4.56. The zero-order valence-corrected chi connectivity index (χ0v) is 19.8. The molecule has 1 rings (SSSR count). The smallest absolute Gasteiger partial charge is 0.303 e. The van der Waals surface area contributed by atoms with Crippen LogP contribution in [0.2, 0.25) is 0 Å². The van der Waals surface area contributed by atoms with E-state index in [2.05, 4.69) is 12.2 Å². The maximum atomic E-state index is 12.0. The lowest BCUT2D eigenvalue weighted by Gasteiger charge is -2.26. The molecule has 0 bridgehead atoms. The Morgan fingerprint density at radius 3 is 1.50 bits per heavy atom. The Hall–Kier alpha value is -1.06. The zero-order valence-electron chi connectivity index (χ0n) is 19.8. The molecule has 30 heavy (non-hydrogen) atoms. The lowest BCUT2D eigenvalue weighted by molar-refractivity contribution is -0.137. The number of amides is 1. The number of carbonyl (C=O) groups is 2. The molecule has 2 N–H and O–H groups in total. The van der Waals surface area contributed by atoms with E-state index in [0.717, 1.165) is 31.7 Å². The van der Waals surface area contributed by atoms with Gasteiger partial charge < -0.3 is 10.4 Å². The van der Waals surface area contributed by atoms with E-state index in [0.29, 0.717) is 18.8 Å². The van der Waals surface area contributed by atoms with E-state index in [4.69, 9.17) is 5.11 Å². The Morgan fingerprint density at radius 2 is 1.07 bits per heavy atom. The molecule has 0 heterocycles. The van der Waals surface area contributed by atoms with Crippen molar-refractivity contribution in [2.45, 2.75) is 135 Å². The van der Waals surface area contributed by atoms with Gasteiger partial charge in [0.05, 0.1) is 0 Å². The Labute approximate surface area is 186 Å². The monoisotopic (exact) mass is 423 g/mol. The van der Waals surface area contributed by atoms with Crippen molar-refractivity contribution < 1.29 is 14.7 Å². The summed E-state index contributed by atoms with van der Waals surface area (Å²) in [5.41, 5.74) is 0. The molecule has 0 radical (unpaired) electrons. The predicted molar refractivity (Wildman–Crippen MR) is 126 cm³/mol. The van der Waals surface area contributed by atoms with Crippen LogP contribution in [0.15, 0.2) is 0 Å². The molecule has 1 fully saturated rings. The highest BCUT2D eigenvalue weighted by Crippen LogP contribution is 2.27. The average molecular weight is 424 g/mol.